The second-order valence-electron chi connectivity index (χ2n) is 5.37. The maximum absolute atomic E-state index is 12.1. The van der Waals surface area contributed by atoms with Crippen molar-refractivity contribution in [1.82, 2.24) is 5.32 Å². The molecular formula is C16H23NO4. The summed E-state index contributed by atoms with van der Waals surface area (Å²) in [6.07, 6.45) is 1.32. The lowest BCUT2D eigenvalue weighted by Crippen LogP contribution is -2.41. The molecular weight excluding hydrogens is 270 g/mol. The van der Waals surface area contributed by atoms with Gasteiger partial charge in [0.2, 0.25) is 0 Å². The number of nitrogens with one attached hydrogen (secondary N) is 1. The number of hydrogen-bond acceptors (Lipinski definition) is 3. The lowest BCUT2D eigenvalue weighted by molar-refractivity contribution is -0.139. The standard InChI is InChI=1S/C16H23NO4/c1-4-9-21-13-7-5-12(6-8-13)15(18)17-14(16(19)20)10-11(2)3/h5-8,11,14H,4,9-10H2,1-3H3,(H,17,18)(H,19,20)/t14-/m0/s1. The van der Waals surface area contributed by atoms with E-state index in [-0.39, 0.29) is 11.8 Å². The van der Waals surface area contributed by atoms with Gasteiger partial charge >= 0.3 is 5.97 Å². The molecule has 0 aliphatic carbocycles. The van der Waals surface area contributed by atoms with Crippen molar-refractivity contribution >= 4 is 11.9 Å². The molecule has 0 bridgehead atoms. The first-order chi connectivity index (χ1) is 9.93. The number of rotatable bonds is 8. The largest absolute Gasteiger partial charge is 0.494 e. The minimum atomic E-state index is -1.01. The molecule has 116 valence electrons. The molecule has 2 N–H and O–H groups in total. The van der Waals surface area contributed by atoms with Gasteiger partial charge in [0.1, 0.15) is 11.8 Å². The van der Waals surface area contributed by atoms with Crippen LogP contribution in [0.15, 0.2) is 24.3 Å². The Morgan fingerprint density at radius 1 is 1.24 bits per heavy atom. The summed E-state index contributed by atoms with van der Waals surface area (Å²) in [4.78, 5) is 23.2. The third-order valence-corrected chi connectivity index (χ3v) is 2.90. The first-order valence-electron chi connectivity index (χ1n) is 7.20. The van der Waals surface area contributed by atoms with E-state index < -0.39 is 12.0 Å². The highest BCUT2D eigenvalue weighted by atomic mass is 16.5. The fraction of sp³-hybridized carbons (Fsp3) is 0.500. The van der Waals surface area contributed by atoms with Gasteiger partial charge in [0, 0.05) is 5.56 Å². The molecule has 0 heterocycles. The first kappa shape index (κ1) is 17.0. The third kappa shape index (κ3) is 5.85. The van der Waals surface area contributed by atoms with E-state index in [1.165, 1.54) is 0 Å². The van der Waals surface area contributed by atoms with E-state index in [0.29, 0.717) is 24.3 Å². The van der Waals surface area contributed by atoms with Gasteiger partial charge in [-0.1, -0.05) is 20.8 Å². The average molecular weight is 293 g/mol. The van der Waals surface area contributed by atoms with Gasteiger partial charge in [-0.15, -0.1) is 0 Å². The Morgan fingerprint density at radius 2 is 1.86 bits per heavy atom. The fourth-order valence-corrected chi connectivity index (χ4v) is 1.86. The number of hydrogen-bond donors (Lipinski definition) is 2. The number of amides is 1. The van der Waals surface area contributed by atoms with Crippen LogP contribution in [0.4, 0.5) is 0 Å². The molecule has 0 saturated carbocycles. The number of benzene rings is 1. The number of carboxylic acids is 1. The smallest absolute Gasteiger partial charge is 0.326 e. The lowest BCUT2D eigenvalue weighted by atomic mass is 10.0. The Kier molecular flexibility index (Phi) is 6.72. The van der Waals surface area contributed by atoms with E-state index >= 15 is 0 Å². The van der Waals surface area contributed by atoms with Crippen LogP contribution in [0.25, 0.3) is 0 Å². The van der Waals surface area contributed by atoms with Crippen LogP contribution in [0.5, 0.6) is 5.75 Å². The van der Waals surface area contributed by atoms with E-state index in [4.69, 9.17) is 9.84 Å². The maximum atomic E-state index is 12.1. The molecule has 0 aromatic heterocycles. The minimum absolute atomic E-state index is 0.191. The molecule has 1 aromatic carbocycles. The van der Waals surface area contributed by atoms with Crippen molar-refractivity contribution in [3.63, 3.8) is 0 Å². The van der Waals surface area contributed by atoms with Crippen molar-refractivity contribution in [2.75, 3.05) is 6.61 Å². The molecule has 0 unspecified atom stereocenters. The zero-order valence-electron chi connectivity index (χ0n) is 12.8. The molecule has 1 amide bonds. The second-order valence-corrected chi connectivity index (χ2v) is 5.37. The van der Waals surface area contributed by atoms with Gasteiger partial charge < -0.3 is 15.2 Å². The van der Waals surface area contributed by atoms with Gasteiger partial charge in [0.15, 0.2) is 0 Å². The van der Waals surface area contributed by atoms with Crippen molar-refractivity contribution in [2.24, 2.45) is 5.92 Å². The average Bonchev–Trinajstić information content (AvgIpc) is 2.44. The molecule has 0 aliphatic rings. The first-order valence-corrected chi connectivity index (χ1v) is 7.20. The van der Waals surface area contributed by atoms with Crippen LogP contribution in [0.1, 0.15) is 44.0 Å². The van der Waals surface area contributed by atoms with Gasteiger partial charge in [-0.05, 0) is 43.0 Å². The molecule has 5 nitrogen and oxygen atoms in total. The van der Waals surface area contributed by atoms with Gasteiger partial charge in [-0.25, -0.2) is 4.79 Å². The summed E-state index contributed by atoms with van der Waals surface area (Å²) >= 11 is 0. The summed E-state index contributed by atoms with van der Waals surface area (Å²) in [5.74, 6) is -0.508. The van der Waals surface area contributed by atoms with E-state index in [1.807, 2.05) is 20.8 Å². The predicted octanol–water partition coefficient (Wildman–Crippen LogP) is 2.70. The quantitative estimate of drug-likeness (QED) is 0.772. The Bertz CT molecular complexity index is 468. The number of aliphatic carboxylic acids is 1. The van der Waals surface area contributed by atoms with Gasteiger partial charge in [0.25, 0.3) is 5.91 Å². The van der Waals surface area contributed by atoms with Crippen molar-refractivity contribution in [3.05, 3.63) is 29.8 Å². The number of carboxylic acid groups (broad SMARTS) is 1. The SMILES string of the molecule is CCCOc1ccc(C(=O)N[C@@H](CC(C)C)C(=O)O)cc1. The lowest BCUT2D eigenvalue weighted by Gasteiger charge is -2.16. The van der Waals surface area contributed by atoms with Crippen molar-refractivity contribution in [3.8, 4) is 5.75 Å². The monoisotopic (exact) mass is 293 g/mol. The van der Waals surface area contributed by atoms with Crippen LogP contribution in [-0.4, -0.2) is 29.6 Å². The molecule has 1 aromatic rings. The van der Waals surface area contributed by atoms with Gasteiger partial charge in [0.05, 0.1) is 6.61 Å². The Labute approximate surface area is 125 Å². The molecule has 5 heteroatoms. The number of carbonyl (C=O) groups excluding carboxylic acids is 1. The zero-order chi connectivity index (χ0) is 15.8. The summed E-state index contributed by atoms with van der Waals surface area (Å²) in [6, 6.07) is 5.82. The van der Waals surface area contributed by atoms with Crippen LogP contribution in [0.3, 0.4) is 0 Å². The van der Waals surface area contributed by atoms with E-state index in [1.54, 1.807) is 24.3 Å². The normalized spacial score (nSPS) is 12.0. The summed E-state index contributed by atoms with van der Waals surface area (Å²) in [5.41, 5.74) is 0.425. The van der Waals surface area contributed by atoms with Crippen molar-refractivity contribution in [2.45, 2.75) is 39.7 Å². The van der Waals surface area contributed by atoms with E-state index in [2.05, 4.69) is 5.32 Å². The molecule has 0 fully saturated rings. The summed E-state index contributed by atoms with van der Waals surface area (Å²) in [5, 5.41) is 11.7. The van der Waals surface area contributed by atoms with Crippen molar-refractivity contribution < 1.29 is 19.4 Å². The molecule has 0 saturated heterocycles. The molecule has 1 rings (SSSR count). The van der Waals surface area contributed by atoms with Crippen LogP contribution in [0, 0.1) is 5.92 Å². The fourth-order valence-electron chi connectivity index (χ4n) is 1.86. The van der Waals surface area contributed by atoms with Crippen LogP contribution in [0.2, 0.25) is 0 Å². The summed E-state index contributed by atoms with van der Waals surface area (Å²) < 4.78 is 5.44. The van der Waals surface area contributed by atoms with Gasteiger partial charge in [-0.2, -0.15) is 0 Å². The highest BCUT2D eigenvalue weighted by Gasteiger charge is 2.21. The highest BCUT2D eigenvalue weighted by Crippen LogP contribution is 2.13. The highest BCUT2D eigenvalue weighted by molar-refractivity contribution is 5.96. The Balaban J connectivity index is 2.67. The van der Waals surface area contributed by atoms with Crippen LogP contribution in [-0.2, 0) is 4.79 Å². The molecule has 21 heavy (non-hydrogen) atoms. The predicted molar refractivity (Wildman–Crippen MR) is 80.6 cm³/mol. The molecule has 0 aliphatic heterocycles. The van der Waals surface area contributed by atoms with E-state index in [9.17, 15) is 9.59 Å². The zero-order valence-corrected chi connectivity index (χ0v) is 12.8. The molecule has 1 atom stereocenters. The van der Waals surface area contributed by atoms with Crippen LogP contribution < -0.4 is 10.1 Å². The summed E-state index contributed by atoms with van der Waals surface area (Å²) in [7, 11) is 0. The second kappa shape index (κ2) is 8.29. The number of ether oxygens (including phenoxy) is 1. The topological polar surface area (TPSA) is 75.6 Å². The Hall–Kier alpha value is -2.04. The van der Waals surface area contributed by atoms with Crippen molar-refractivity contribution in [1.29, 1.82) is 0 Å². The minimum Gasteiger partial charge on any atom is -0.494 e. The summed E-state index contributed by atoms with van der Waals surface area (Å²) in [6.45, 7) is 6.48. The molecule has 0 spiro atoms. The molecule has 0 radical (unpaired) electrons. The Morgan fingerprint density at radius 3 is 2.33 bits per heavy atom. The van der Waals surface area contributed by atoms with E-state index in [0.717, 1.165) is 6.42 Å². The maximum Gasteiger partial charge on any atom is 0.326 e. The van der Waals surface area contributed by atoms with Gasteiger partial charge in [-0.3, -0.25) is 4.79 Å². The third-order valence-electron chi connectivity index (χ3n) is 2.90. The van der Waals surface area contributed by atoms with Crippen LogP contribution >= 0.6 is 0 Å². The number of carbonyl (C=O) groups is 2.